The van der Waals surface area contributed by atoms with Crippen molar-refractivity contribution in [3.8, 4) is 0 Å². The highest BCUT2D eigenvalue weighted by molar-refractivity contribution is 5.88. The van der Waals surface area contributed by atoms with Gasteiger partial charge >= 0.3 is 0 Å². The second-order valence-electron chi connectivity index (χ2n) is 6.18. The van der Waals surface area contributed by atoms with Gasteiger partial charge in [-0.3, -0.25) is 9.59 Å². The second-order valence-corrected chi connectivity index (χ2v) is 6.18. The molecule has 1 unspecified atom stereocenters. The maximum absolute atomic E-state index is 12.8. The van der Waals surface area contributed by atoms with Crippen LogP contribution in [0.3, 0.4) is 0 Å². The van der Waals surface area contributed by atoms with Crippen LogP contribution in [0.2, 0.25) is 0 Å². The molecule has 0 radical (unpaired) electrons. The predicted molar refractivity (Wildman–Crippen MR) is 82.7 cm³/mol. The van der Waals surface area contributed by atoms with Crippen molar-refractivity contribution in [2.75, 3.05) is 18.8 Å². The molecule has 2 amide bonds. The highest BCUT2D eigenvalue weighted by Crippen LogP contribution is 2.28. The van der Waals surface area contributed by atoms with Gasteiger partial charge < -0.3 is 16.0 Å². The van der Waals surface area contributed by atoms with Crippen molar-refractivity contribution >= 4 is 17.5 Å². The quantitative estimate of drug-likeness (QED) is 0.823. The second kappa shape index (κ2) is 5.76. The van der Waals surface area contributed by atoms with Crippen molar-refractivity contribution in [2.24, 2.45) is 0 Å². The summed E-state index contributed by atoms with van der Waals surface area (Å²) in [5.74, 6) is 0.0345. The molecule has 5 nitrogen and oxygen atoms in total. The van der Waals surface area contributed by atoms with Crippen molar-refractivity contribution in [1.82, 2.24) is 10.2 Å². The third-order valence-electron chi connectivity index (χ3n) is 4.05. The van der Waals surface area contributed by atoms with Gasteiger partial charge in [-0.15, -0.1) is 0 Å². The average molecular weight is 289 g/mol. The van der Waals surface area contributed by atoms with E-state index in [-0.39, 0.29) is 17.9 Å². The SMILES string of the molecule is CC(=O)NC1CCN(C(=O)C(C)(C)c2ccc(N)cc2)C1. The molecule has 1 fully saturated rings. The molecular formula is C16H23N3O2. The van der Waals surface area contributed by atoms with Crippen molar-refractivity contribution in [3.05, 3.63) is 29.8 Å². The summed E-state index contributed by atoms with van der Waals surface area (Å²) < 4.78 is 0. The van der Waals surface area contributed by atoms with E-state index < -0.39 is 5.41 Å². The molecule has 0 spiro atoms. The monoisotopic (exact) mass is 289 g/mol. The Hall–Kier alpha value is -2.04. The molecule has 0 aromatic heterocycles. The number of amides is 2. The molecule has 5 heteroatoms. The molecule has 2 rings (SSSR count). The molecule has 0 bridgehead atoms. The third kappa shape index (κ3) is 3.35. The van der Waals surface area contributed by atoms with Gasteiger partial charge in [0.25, 0.3) is 0 Å². The first-order valence-electron chi connectivity index (χ1n) is 7.23. The number of carbonyl (C=O) groups excluding carboxylic acids is 2. The van der Waals surface area contributed by atoms with Crippen LogP contribution in [0.15, 0.2) is 24.3 Å². The van der Waals surface area contributed by atoms with Crippen LogP contribution in [0.1, 0.15) is 32.8 Å². The van der Waals surface area contributed by atoms with Crippen molar-refractivity contribution < 1.29 is 9.59 Å². The maximum Gasteiger partial charge on any atom is 0.232 e. The van der Waals surface area contributed by atoms with Crippen molar-refractivity contribution in [2.45, 2.75) is 38.6 Å². The molecule has 3 N–H and O–H groups in total. The van der Waals surface area contributed by atoms with E-state index in [4.69, 9.17) is 5.73 Å². The number of benzene rings is 1. The van der Waals surface area contributed by atoms with Gasteiger partial charge in [0, 0.05) is 31.7 Å². The van der Waals surface area contributed by atoms with Crippen LogP contribution in [0.4, 0.5) is 5.69 Å². The molecule has 1 aliphatic heterocycles. The number of nitrogens with zero attached hydrogens (tertiary/aromatic N) is 1. The number of nitrogens with two attached hydrogens (primary N) is 1. The standard InChI is InChI=1S/C16H23N3O2/c1-11(20)18-14-8-9-19(10-14)15(21)16(2,3)12-4-6-13(17)7-5-12/h4-7,14H,8-10,17H2,1-3H3,(H,18,20). The van der Waals surface area contributed by atoms with Gasteiger partial charge in [0.15, 0.2) is 0 Å². The number of hydrogen-bond donors (Lipinski definition) is 2. The Bertz CT molecular complexity index is 537. The summed E-state index contributed by atoms with van der Waals surface area (Å²) in [4.78, 5) is 25.7. The van der Waals surface area contributed by atoms with Crippen molar-refractivity contribution in [3.63, 3.8) is 0 Å². The summed E-state index contributed by atoms with van der Waals surface area (Å²) in [6.45, 7) is 6.61. The smallest absolute Gasteiger partial charge is 0.232 e. The normalized spacial score (nSPS) is 18.6. The zero-order valence-electron chi connectivity index (χ0n) is 12.8. The minimum atomic E-state index is -0.598. The zero-order chi connectivity index (χ0) is 15.6. The summed E-state index contributed by atoms with van der Waals surface area (Å²) >= 11 is 0. The fourth-order valence-electron chi connectivity index (χ4n) is 2.77. The first kappa shape index (κ1) is 15.4. The molecule has 1 saturated heterocycles. The largest absolute Gasteiger partial charge is 0.399 e. The maximum atomic E-state index is 12.8. The number of anilines is 1. The topological polar surface area (TPSA) is 75.4 Å². The van der Waals surface area contributed by atoms with Gasteiger partial charge in [-0.25, -0.2) is 0 Å². The lowest BCUT2D eigenvalue weighted by Gasteiger charge is -2.30. The van der Waals surface area contributed by atoms with E-state index in [1.54, 1.807) is 0 Å². The summed E-state index contributed by atoms with van der Waals surface area (Å²) in [6, 6.07) is 7.49. The van der Waals surface area contributed by atoms with Crippen LogP contribution in [-0.2, 0) is 15.0 Å². The molecule has 1 aromatic rings. The zero-order valence-corrected chi connectivity index (χ0v) is 12.8. The number of carbonyl (C=O) groups is 2. The Balaban J connectivity index is 2.08. The third-order valence-corrected chi connectivity index (χ3v) is 4.05. The molecule has 0 aliphatic carbocycles. The van der Waals surface area contributed by atoms with Gasteiger partial charge in [-0.2, -0.15) is 0 Å². The summed E-state index contributed by atoms with van der Waals surface area (Å²) in [5, 5.41) is 2.88. The number of hydrogen-bond acceptors (Lipinski definition) is 3. The lowest BCUT2D eigenvalue weighted by molar-refractivity contribution is -0.135. The van der Waals surface area contributed by atoms with E-state index in [0.717, 1.165) is 12.0 Å². The number of likely N-dealkylation sites (tertiary alicyclic amines) is 1. The van der Waals surface area contributed by atoms with Gasteiger partial charge in [0.2, 0.25) is 11.8 Å². The Kier molecular flexibility index (Phi) is 4.21. The van der Waals surface area contributed by atoms with Crippen LogP contribution in [0.5, 0.6) is 0 Å². The number of nitrogen functional groups attached to an aromatic ring is 1. The summed E-state index contributed by atoms with van der Waals surface area (Å²) in [7, 11) is 0. The first-order valence-corrected chi connectivity index (χ1v) is 7.23. The Labute approximate surface area is 125 Å². The molecule has 1 atom stereocenters. The molecule has 1 aromatic carbocycles. The van der Waals surface area contributed by atoms with Crippen LogP contribution in [0.25, 0.3) is 0 Å². The highest BCUT2D eigenvalue weighted by atomic mass is 16.2. The first-order chi connectivity index (χ1) is 9.80. The van der Waals surface area contributed by atoms with E-state index in [2.05, 4.69) is 5.32 Å². The van der Waals surface area contributed by atoms with E-state index in [9.17, 15) is 9.59 Å². The van der Waals surface area contributed by atoms with Crippen molar-refractivity contribution in [1.29, 1.82) is 0 Å². The molecule has 1 heterocycles. The molecule has 114 valence electrons. The Morgan fingerprint density at radius 2 is 1.90 bits per heavy atom. The van der Waals surface area contributed by atoms with Crippen LogP contribution in [-0.4, -0.2) is 35.8 Å². The minimum Gasteiger partial charge on any atom is -0.399 e. The fraction of sp³-hybridized carbons (Fsp3) is 0.500. The highest BCUT2D eigenvalue weighted by Gasteiger charge is 2.37. The Morgan fingerprint density at radius 3 is 2.48 bits per heavy atom. The lowest BCUT2D eigenvalue weighted by Crippen LogP contribution is -2.44. The summed E-state index contributed by atoms with van der Waals surface area (Å²) in [5.41, 5.74) is 6.74. The van der Waals surface area contributed by atoms with E-state index in [0.29, 0.717) is 18.8 Å². The molecule has 21 heavy (non-hydrogen) atoms. The van der Waals surface area contributed by atoms with Crippen LogP contribution >= 0.6 is 0 Å². The fourth-order valence-corrected chi connectivity index (χ4v) is 2.77. The Morgan fingerprint density at radius 1 is 1.29 bits per heavy atom. The van der Waals surface area contributed by atoms with E-state index in [1.165, 1.54) is 6.92 Å². The van der Waals surface area contributed by atoms with E-state index in [1.807, 2.05) is 43.0 Å². The lowest BCUT2D eigenvalue weighted by atomic mass is 9.83. The van der Waals surface area contributed by atoms with Gasteiger partial charge in [0.05, 0.1) is 5.41 Å². The summed E-state index contributed by atoms with van der Waals surface area (Å²) in [6.07, 6.45) is 0.809. The van der Waals surface area contributed by atoms with Gasteiger partial charge in [0.1, 0.15) is 0 Å². The predicted octanol–water partition coefficient (Wildman–Crippen LogP) is 1.28. The van der Waals surface area contributed by atoms with Gasteiger partial charge in [-0.05, 0) is 38.0 Å². The van der Waals surface area contributed by atoms with Crippen LogP contribution < -0.4 is 11.1 Å². The molecule has 1 aliphatic rings. The number of rotatable bonds is 3. The van der Waals surface area contributed by atoms with E-state index >= 15 is 0 Å². The minimum absolute atomic E-state index is 0.0490. The average Bonchev–Trinajstić information content (AvgIpc) is 2.85. The molecule has 0 saturated carbocycles. The van der Waals surface area contributed by atoms with Gasteiger partial charge in [-0.1, -0.05) is 12.1 Å². The number of nitrogens with one attached hydrogen (secondary N) is 1. The molecular weight excluding hydrogens is 266 g/mol. The van der Waals surface area contributed by atoms with Crippen LogP contribution in [0, 0.1) is 0 Å².